The van der Waals surface area contributed by atoms with Gasteiger partial charge in [-0.3, -0.25) is 13.9 Å². The van der Waals surface area contributed by atoms with Crippen molar-refractivity contribution in [1.82, 2.24) is 24.3 Å². The van der Waals surface area contributed by atoms with Crippen molar-refractivity contribution in [1.29, 1.82) is 0 Å². The number of carbonyl (C=O) groups excluding carboxylic acids is 1. The van der Waals surface area contributed by atoms with Crippen LogP contribution in [0.5, 0.6) is 5.88 Å². The van der Waals surface area contributed by atoms with Gasteiger partial charge in [0.25, 0.3) is 0 Å². The minimum Gasteiger partial charge on any atom is -0.469 e. The molecule has 0 bridgehead atoms. The van der Waals surface area contributed by atoms with Crippen LogP contribution in [0.25, 0.3) is 11.0 Å². The second-order valence-electron chi connectivity index (χ2n) is 12.1. The number of aryl methyl sites for hydroxylation is 3. The number of hydrogen-bond acceptors (Lipinski definition) is 9. The van der Waals surface area contributed by atoms with E-state index in [1.165, 1.54) is 11.1 Å². The molecule has 1 aliphatic heterocycles. The fourth-order valence-corrected chi connectivity index (χ4v) is 8.21. The maximum absolute atomic E-state index is 13.0. The van der Waals surface area contributed by atoms with Crippen LogP contribution in [0.4, 0.5) is 0 Å². The second-order valence-corrected chi connectivity index (χ2v) is 14.1. The van der Waals surface area contributed by atoms with Crippen molar-refractivity contribution in [2.24, 2.45) is 7.05 Å². The van der Waals surface area contributed by atoms with Crippen LogP contribution in [0.15, 0.2) is 47.5 Å². The summed E-state index contributed by atoms with van der Waals surface area (Å²) in [5.74, 6) is -0.291. The molecule has 3 heterocycles. The highest BCUT2D eigenvalue weighted by molar-refractivity contribution is 8.22. The zero-order valence-corrected chi connectivity index (χ0v) is 26.1. The molecule has 6 rings (SSSR count). The Morgan fingerprint density at radius 1 is 1.21 bits per heavy atom. The quantitative estimate of drug-likeness (QED) is 0.246. The first-order valence-corrected chi connectivity index (χ1v) is 16.3. The van der Waals surface area contributed by atoms with Crippen LogP contribution in [-0.4, -0.2) is 58.1 Å². The van der Waals surface area contributed by atoms with Gasteiger partial charge in [0, 0.05) is 25.7 Å². The summed E-state index contributed by atoms with van der Waals surface area (Å²) in [6.07, 6.45) is 4.65. The average molecular weight is 606 g/mol. The zero-order valence-electron chi connectivity index (χ0n) is 25.3. The summed E-state index contributed by atoms with van der Waals surface area (Å²) < 4.78 is 38.4. The number of benzene rings is 2. The van der Waals surface area contributed by atoms with Gasteiger partial charge in [-0.15, -0.1) is 15.9 Å². The van der Waals surface area contributed by atoms with Crippen LogP contribution in [0.1, 0.15) is 72.9 Å². The van der Waals surface area contributed by atoms with E-state index in [0.29, 0.717) is 24.6 Å². The molecule has 4 aromatic rings. The molecule has 1 atom stereocenters. The molecule has 0 amide bonds. The first-order chi connectivity index (χ1) is 20.5. The number of nitrogens with zero attached hydrogens (tertiary/aromatic N) is 5. The van der Waals surface area contributed by atoms with Gasteiger partial charge in [0.05, 0.1) is 25.1 Å². The maximum Gasteiger partial charge on any atom is 0.306 e. The SMILES string of the molecule is CCOC(=O)CC(c1cc2c(c(CN3CC(C)(C)Oc4ncccc4S3(O)O)c1)CCC2)c1ccc2c(nnn2C)c1C. The smallest absolute Gasteiger partial charge is 0.306 e. The molecule has 0 saturated carbocycles. The Hall–Kier alpha value is -3.51. The number of hydrogen-bond donors (Lipinski definition) is 2. The lowest BCUT2D eigenvalue weighted by Crippen LogP contribution is -2.41. The Balaban J connectivity index is 1.46. The molecule has 10 nitrogen and oxygen atoms in total. The third-order valence-corrected chi connectivity index (χ3v) is 10.4. The highest BCUT2D eigenvalue weighted by Gasteiger charge is 2.40. The van der Waals surface area contributed by atoms with Crippen molar-refractivity contribution in [3.63, 3.8) is 0 Å². The number of esters is 1. The highest BCUT2D eigenvalue weighted by Crippen LogP contribution is 2.58. The number of pyridine rings is 1. The van der Waals surface area contributed by atoms with Crippen LogP contribution in [0.3, 0.4) is 0 Å². The third-order valence-electron chi connectivity index (χ3n) is 8.53. The number of fused-ring (bicyclic) bond motifs is 3. The lowest BCUT2D eigenvalue weighted by Gasteiger charge is -2.42. The summed E-state index contributed by atoms with van der Waals surface area (Å²) in [6, 6.07) is 11.8. The van der Waals surface area contributed by atoms with Gasteiger partial charge in [-0.1, -0.05) is 23.4 Å². The Bertz CT molecular complexity index is 1700. The molecule has 1 aliphatic carbocycles. The molecule has 0 fully saturated rings. The average Bonchev–Trinajstić information content (AvgIpc) is 3.57. The monoisotopic (exact) mass is 605 g/mol. The van der Waals surface area contributed by atoms with Gasteiger partial charge in [0.2, 0.25) is 5.88 Å². The van der Waals surface area contributed by atoms with Crippen molar-refractivity contribution in [2.45, 2.75) is 76.3 Å². The molecule has 2 aromatic heterocycles. The lowest BCUT2D eigenvalue weighted by atomic mass is 9.83. The van der Waals surface area contributed by atoms with Crippen molar-refractivity contribution in [2.75, 3.05) is 13.2 Å². The number of rotatable bonds is 7. The number of aromatic nitrogens is 4. The predicted octanol–water partition coefficient (Wildman–Crippen LogP) is 5.94. The molecule has 11 heteroatoms. The van der Waals surface area contributed by atoms with E-state index < -0.39 is 16.4 Å². The van der Waals surface area contributed by atoms with Gasteiger partial charge in [-0.2, -0.15) is 4.31 Å². The first-order valence-electron chi connectivity index (χ1n) is 14.7. The fraction of sp³-hybridized carbons (Fsp3) is 0.438. The Morgan fingerprint density at radius 3 is 2.81 bits per heavy atom. The molecule has 43 heavy (non-hydrogen) atoms. The second kappa shape index (κ2) is 11.2. The van der Waals surface area contributed by atoms with Gasteiger partial charge in [-0.25, -0.2) is 9.67 Å². The van der Waals surface area contributed by atoms with Crippen LogP contribution in [0, 0.1) is 6.92 Å². The van der Waals surface area contributed by atoms with E-state index in [2.05, 4.69) is 33.5 Å². The Morgan fingerprint density at radius 2 is 2.02 bits per heavy atom. The highest BCUT2D eigenvalue weighted by atomic mass is 32.3. The Kier molecular flexibility index (Phi) is 7.70. The van der Waals surface area contributed by atoms with Crippen molar-refractivity contribution in [3.05, 3.63) is 76.0 Å². The summed E-state index contributed by atoms with van der Waals surface area (Å²) in [7, 11) is -1.53. The molecule has 2 aliphatic rings. The van der Waals surface area contributed by atoms with Gasteiger partial charge in [-0.05, 0) is 98.5 Å². The molecular weight excluding hydrogens is 566 g/mol. The van der Waals surface area contributed by atoms with Gasteiger partial charge >= 0.3 is 5.97 Å². The van der Waals surface area contributed by atoms with E-state index in [0.717, 1.165) is 52.5 Å². The van der Waals surface area contributed by atoms with Crippen LogP contribution in [0.2, 0.25) is 0 Å². The van der Waals surface area contributed by atoms with Crippen LogP contribution in [-0.2, 0) is 36.0 Å². The fourth-order valence-electron chi connectivity index (χ4n) is 6.53. The van der Waals surface area contributed by atoms with Gasteiger partial charge in [0.1, 0.15) is 16.0 Å². The van der Waals surface area contributed by atoms with Crippen molar-refractivity contribution in [3.8, 4) is 5.88 Å². The van der Waals surface area contributed by atoms with Crippen LogP contribution < -0.4 is 4.74 Å². The summed E-state index contributed by atoms with van der Waals surface area (Å²) in [5, 5.41) is 8.61. The normalized spacial score (nSPS) is 18.8. The molecule has 2 N–H and O–H groups in total. The molecule has 0 saturated heterocycles. The van der Waals surface area contributed by atoms with E-state index in [9.17, 15) is 13.9 Å². The van der Waals surface area contributed by atoms with Crippen molar-refractivity contribution < 1.29 is 23.4 Å². The summed E-state index contributed by atoms with van der Waals surface area (Å²) in [4.78, 5) is 17.6. The van der Waals surface area contributed by atoms with Gasteiger partial charge in [0.15, 0.2) is 0 Å². The van der Waals surface area contributed by atoms with E-state index in [4.69, 9.17) is 9.47 Å². The van der Waals surface area contributed by atoms with Crippen LogP contribution >= 0.6 is 10.8 Å². The summed E-state index contributed by atoms with van der Waals surface area (Å²) in [6.45, 7) is 8.62. The molecule has 1 unspecified atom stereocenters. The predicted molar refractivity (Wildman–Crippen MR) is 165 cm³/mol. The van der Waals surface area contributed by atoms with E-state index in [1.807, 2.05) is 40.8 Å². The molecular formula is C32H39N5O5S. The topological polar surface area (TPSA) is 123 Å². The minimum atomic E-state index is -3.39. The molecule has 0 spiro atoms. The minimum absolute atomic E-state index is 0.178. The first kappa shape index (κ1) is 29.6. The van der Waals surface area contributed by atoms with E-state index in [1.54, 1.807) is 27.3 Å². The molecule has 228 valence electrons. The van der Waals surface area contributed by atoms with Crippen molar-refractivity contribution >= 4 is 27.8 Å². The molecule has 2 aromatic carbocycles. The largest absolute Gasteiger partial charge is 0.469 e. The molecule has 0 radical (unpaired) electrons. The standard InChI is InChI=1S/C32H39N5O5S/c1-6-41-29(38)17-26(24-12-13-27-30(20(24)2)34-35-36(27)5)22-15-21-9-7-10-25(21)23(16-22)18-37-19-32(3,4)42-31-28(43(37,39)40)11-8-14-33-31/h8,11-16,26,39-40H,6-7,9-10,17-19H2,1-5H3. The Labute approximate surface area is 253 Å². The maximum atomic E-state index is 13.0. The van der Waals surface area contributed by atoms with E-state index in [-0.39, 0.29) is 24.2 Å². The summed E-state index contributed by atoms with van der Waals surface area (Å²) in [5.41, 5.74) is 7.51. The summed E-state index contributed by atoms with van der Waals surface area (Å²) >= 11 is 0. The number of carbonyl (C=O) groups is 1. The number of ether oxygens (including phenoxy) is 2. The zero-order chi connectivity index (χ0) is 30.5. The van der Waals surface area contributed by atoms with E-state index >= 15 is 0 Å². The van der Waals surface area contributed by atoms with Gasteiger partial charge < -0.3 is 9.47 Å². The lowest BCUT2D eigenvalue weighted by molar-refractivity contribution is -0.143. The third kappa shape index (κ3) is 5.50.